The van der Waals surface area contributed by atoms with Gasteiger partial charge < -0.3 is 4.72 Å². The van der Waals surface area contributed by atoms with Crippen LogP contribution < -0.4 is 4.72 Å². The molecule has 1 N–H and O–H groups in total. The molecule has 0 saturated heterocycles. The minimum atomic E-state index is 0.847. The third-order valence-electron chi connectivity index (χ3n) is 4.60. The first-order chi connectivity index (χ1) is 13.7. The van der Waals surface area contributed by atoms with Gasteiger partial charge in [-0.05, 0) is 55.6 Å². The van der Waals surface area contributed by atoms with E-state index >= 15 is 0 Å². The highest BCUT2D eigenvalue weighted by Gasteiger charge is 2.11. The van der Waals surface area contributed by atoms with Crippen LogP contribution in [0.3, 0.4) is 0 Å². The second-order valence-corrected chi connectivity index (χ2v) is 7.72. The molecule has 28 heavy (non-hydrogen) atoms. The lowest BCUT2D eigenvalue weighted by molar-refractivity contribution is 1.32. The Morgan fingerprint density at radius 3 is 1.89 bits per heavy atom. The van der Waals surface area contributed by atoms with Gasteiger partial charge in [0.05, 0.1) is 5.69 Å². The Morgan fingerprint density at radius 2 is 1.25 bits per heavy atom. The van der Waals surface area contributed by atoms with Crippen molar-refractivity contribution in [2.24, 2.45) is 0 Å². The second-order valence-electron chi connectivity index (χ2n) is 6.84. The monoisotopic (exact) mass is 382 g/mol. The molecule has 0 aliphatic rings. The molecular formula is C25H22N2S. The highest BCUT2D eigenvalue weighted by atomic mass is 32.2. The van der Waals surface area contributed by atoms with Gasteiger partial charge in [0.1, 0.15) is 5.82 Å². The fraction of sp³-hybridized carbons (Fsp3) is 0.0800. The first-order valence-corrected chi connectivity index (χ1v) is 10.1. The fourth-order valence-corrected chi connectivity index (χ4v) is 3.64. The molecule has 3 aromatic carbocycles. The summed E-state index contributed by atoms with van der Waals surface area (Å²) in [7, 11) is 0. The lowest BCUT2D eigenvalue weighted by Crippen LogP contribution is -1.95. The molecule has 4 rings (SSSR count). The van der Waals surface area contributed by atoms with Crippen molar-refractivity contribution in [3.05, 3.63) is 102 Å². The molecule has 0 spiro atoms. The van der Waals surface area contributed by atoms with Crippen molar-refractivity contribution >= 4 is 17.8 Å². The summed E-state index contributed by atoms with van der Waals surface area (Å²) < 4.78 is 3.38. The van der Waals surface area contributed by atoms with E-state index in [1.807, 2.05) is 24.3 Å². The van der Waals surface area contributed by atoms with Gasteiger partial charge in [0.15, 0.2) is 0 Å². The number of pyridine rings is 1. The molecule has 0 saturated carbocycles. The summed E-state index contributed by atoms with van der Waals surface area (Å²) in [4.78, 5) is 6.11. The number of hydrogen-bond acceptors (Lipinski definition) is 3. The van der Waals surface area contributed by atoms with Crippen LogP contribution in [0.15, 0.2) is 95.9 Å². The highest BCUT2D eigenvalue weighted by Crippen LogP contribution is 2.33. The van der Waals surface area contributed by atoms with Gasteiger partial charge >= 0.3 is 0 Å². The maximum Gasteiger partial charge on any atom is 0.136 e. The maximum absolute atomic E-state index is 4.95. The largest absolute Gasteiger partial charge is 0.310 e. The van der Waals surface area contributed by atoms with Gasteiger partial charge in [0, 0.05) is 16.0 Å². The Hall–Kier alpha value is -3.04. The van der Waals surface area contributed by atoms with Crippen molar-refractivity contribution in [1.82, 2.24) is 4.98 Å². The zero-order valence-electron chi connectivity index (χ0n) is 16.0. The molecule has 0 atom stereocenters. The quantitative estimate of drug-likeness (QED) is 0.371. The fourth-order valence-electron chi connectivity index (χ4n) is 3.01. The predicted octanol–water partition coefficient (Wildman–Crippen LogP) is 7.15. The van der Waals surface area contributed by atoms with Crippen molar-refractivity contribution in [3.63, 3.8) is 0 Å². The van der Waals surface area contributed by atoms with Gasteiger partial charge in [0.2, 0.25) is 0 Å². The zero-order chi connectivity index (χ0) is 19.3. The first-order valence-electron chi connectivity index (χ1n) is 9.32. The molecule has 3 heteroatoms. The number of hydrogen-bond donors (Lipinski definition) is 1. The van der Waals surface area contributed by atoms with Crippen molar-refractivity contribution in [3.8, 4) is 22.4 Å². The van der Waals surface area contributed by atoms with Crippen LogP contribution in [-0.4, -0.2) is 4.98 Å². The predicted molar refractivity (Wildman–Crippen MR) is 121 cm³/mol. The van der Waals surface area contributed by atoms with Crippen molar-refractivity contribution in [2.75, 3.05) is 4.72 Å². The molecular weight excluding hydrogens is 360 g/mol. The standard InChI is InChI=1S/C25H22N2S/c1-18-8-12-20(13-9-18)23-16-17-24(27-28-22-6-4-3-5-7-22)26-25(23)21-14-10-19(2)11-15-21/h3-17H,1-2H3,(H,26,27). The number of aryl methyl sites for hydroxylation is 2. The Labute approximate surface area is 170 Å². The summed E-state index contributed by atoms with van der Waals surface area (Å²) in [6, 6.07) is 31.6. The minimum absolute atomic E-state index is 0.847. The second kappa shape index (κ2) is 8.32. The van der Waals surface area contributed by atoms with E-state index in [4.69, 9.17) is 4.98 Å². The van der Waals surface area contributed by atoms with Crippen molar-refractivity contribution in [1.29, 1.82) is 0 Å². The first kappa shape index (κ1) is 18.3. The van der Waals surface area contributed by atoms with Crippen molar-refractivity contribution in [2.45, 2.75) is 18.7 Å². The molecule has 0 aliphatic heterocycles. The Balaban J connectivity index is 1.71. The molecule has 0 radical (unpaired) electrons. The van der Waals surface area contributed by atoms with Crippen LogP contribution in [0.25, 0.3) is 22.4 Å². The van der Waals surface area contributed by atoms with Gasteiger partial charge in [-0.2, -0.15) is 0 Å². The van der Waals surface area contributed by atoms with Gasteiger partial charge in [-0.15, -0.1) is 0 Å². The molecule has 1 aromatic heterocycles. The third-order valence-corrected chi connectivity index (χ3v) is 5.42. The maximum atomic E-state index is 4.95. The number of benzene rings is 3. The number of rotatable bonds is 5. The summed E-state index contributed by atoms with van der Waals surface area (Å²) in [5, 5.41) is 0. The summed E-state index contributed by atoms with van der Waals surface area (Å²) >= 11 is 1.57. The zero-order valence-corrected chi connectivity index (χ0v) is 16.8. The number of anilines is 1. The van der Waals surface area contributed by atoms with Crippen LogP contribution >= 0.6 is 11.9 Å². The molecule has 0 fully saturated rings. The third kappa shape index (κ3) is 4.26. The summed E-state index contributed by atoms with van der Waals surface area (Å²) in [5.41, 5.74) is 6.92. The summed E-state index contributed by atoms with van der Waals surface area (Å²) in [6.45, 7) is 4.21. The Bertz CT molecular complexity index is 1060. The van der Waals surface area contributed by atoms with Crippen molar-refractivity contribution < 1.29 is 0 Å². The number of nitrogens with one attached hydrogen (secondary N) is 1. The van der Waals surface area contributed by atoms with Crippen LogP contribution in [0.4, 0.5) is 5.82 Å². The van der Waals surface area contributed by atoms with Gasteiger partial charge in [-0.3, -0.25) is 0 Å². The molecule has 2 nitrogen and oxygen atoms in total. The van der Waals surface area contributed by atoms with Gasteiger partial charge in [-0.25, -0.2) is 4.98 Å². The molecule has 4 aromatic rings. The average molecular weight is 383 g/mol. The SMILES string of the molecule is Cc1ccc(-c2ccc(NSc3ccccc3)nc2-c2ccc(C)cc2)cc1. The molecule has 0 bridgehead atoms. The van der Waals surface area contributed by atoms with Crippen LogP contribution in [-0.2, 0) is 0 Å². The molecule has 1 heterocycles. The van der Waals surface area contributed by atoms with E-state index in [0.717, 1.165) is 27.5 Å². The summed E-state index contributed by atoms with van der Waals surface area (Å²) in [5.74, 6) is 0.847. The number of nitrogens with zero attached hydrogens (tertiary/aromatic N) is 1. The average Bonchev–Trinajstić information content (AvgIpc) is 2.74. The lowest BCUT2D eigenvalue weighted by Gasteiger charge is -2.13. The van der Waals surface area contributed by atoms with Crippen LogP contribution in [0, 0.1) is 13.8 Å². The Morgan fingerprint density at radius 1 is 0.643 bits per heavy atom. The Kier molecular flexibility index (Phi) is 5.45. The smallest absolute Gasteiger partial charge is 0.136 e. The topological polar surface area (TPSA) is 24.9 Å². The molecule has 0 unspecified atom stereocenters. The highest BCUT2D eigenvalue weighted by molar-refractivity contribution is 8.00. The van der Waals surface area contributed by atoms with E-state index in [0.29, 0.717) is 0 Å². The van der Waals surface area contributed by atoms with E-state index in [9.17, 15) is 0 Å². The van der Waals surface area contributed by atoms with Crippen LogP contribution in [0.1, 0.15) is 11.1 Å². The summed E-state index contributed by atoms with van der Waals surface area (Å²) in [6.07, 6.45) is 0. The van der Waals surface area contributed by atoms with Crippen LogP contribution in [0.2, 0.25) is 0 Å². The van der Waals surface area contributed by atoms with Gasteiger partial charge in [-0.1, -0.05) is 77.9 Å². The van der Waals surface area contributed by atoms with E-state index in [1.54, 1.807) is 11.9 Å². The van der Waals surface area contributed by atoms with Gasteiger partial charge in [0.25, 0.3) is 0 Å². The number of aromatic nitrogens is 1. The van der Waals surface area contributed by atoms with Crippen LogP contribution in [0.5, 0.6) is 0 Å². The molecule has 0 amide bonds. The van der Waals surface area contributed by atoms with E-state index < -0.39 is 0 Å². The minimum Gasteiger partial charge on any atom is -0.310 e. The van der Waals surface area contributed by atoms with E-state index in [1.165, 1.54) is 16.7 Å². The normalized spacial score (nSPS) is 10.6. The van der Waals surface area contributed by atoms with E-state index in [-0.39, 0.29) is 0 Å². The van der Waals surface area contributed by atoms with E-state index in [2.05, 4.69) is 85.3 Å². The molecule has 0 aliphatic carbocycles. The molecule has 138 valence electrons. The lowest BCUT2D eigenvalue weighted by atomic mass is 9.98.